The van der Waals surface area contributed by atoms with Crippen LogP contribution in [0.25, 0.3) is 0 Å². The van der Waals surface area contributed by atoms with E-state index in [1.54, 1.807) is 25.3 Å². The molecule has 0 atom stereocenters. The Balaban J connectivity index is 1.41. The highest BCUT2D eigenvalue weighted by Crippen LogP contribution is 2.31. The number of hydrogen-bond donors (Lipinski definition) is 1. The number of nitrogens with one attached hydrogen (secondary N) is 1. The van der Waals surface area contributed by atoms with Crippen molar-refractivity contribution in [3.8, 4) is 17.2 Å². The lowest BCUT2D eigenvalue weighted by Gasteiger charge is -2.18. The molecule has 6 nitrogen and oxygen atoms in total. The molecule has 3 rings (SSSR count). The van der Waals surface area contributed by atoms with E-state index in [4.69, 9.17) is 14.2 Å². The average Bonchev–Trinajstić information content (AvgIpc) is 2.72. The lowest BCUT2D eigenvalue weighted by molar-refractivity contribution is -0.121. The van der Waals surface area contributed by atoms with Crippen LogP contribution in [0.4, 0.5) is 0 Å². The van der Waals surface area contributed by atoms with Crippen LogP contribution in [0.5, 0.6) is 17.2 Å². The summed E-state index contributed by atoms with van der Waals surface area (Å²) in [5.74, 6) is 1.82. The molecule has 0 saturated carbocycles. The second-order valence-electron chi connectivity index (χ2n) is 6.23. The number of methoxy groups -OCH3 is 1. The quantitative estimate of drug-likeness (QED) is 0.725. The van der Waals surface area contributed by atoms with Crippen molar-refractivity contribution < 1.29 is 23.8 Å². The van der Waals surface area contributed by atoms with Gasteiger partial charge in [-0.05, 0) is 42.3 Å². The number of hydrogen-bond acceptors (Lipinski definition) is 5. The van der Waals surface area contributed by atoms with Crippen LogP contribution in [0.1, 0.15) is 28.8 Å². The molecule has 0 aliphatic carbocycles. The monoisotopic (exact) mass is 369 g/mol. The molecule has 1 heterocycles. The highest BCUT2D eigenvalue weighted by molar-refractivity contribution is 5.98. The van der Waals surface area contributed by atoms with E-state index in [9.17, 15) is 9.59 Å². The van der Waals surface area contributed by atoms with Crippen LogP contribution in [0.3, 0.4) is 0 Å². The number of fused-ring (bicyclic) bond motifs is 1. The largest absolute Gasteiger partial charge is 0.497 e. The molecular formula is C21H23NO5. The molecule has 1 aliphatic rings. The predicted octanol–water partition coefficient (Wildman–Crippen LogP) is 2.79. The van der Waals surface area contributed by atoms with Crippen molar-refractivity contribution in [2.24, 2.45) is 0 Å². The van der Waals surface area contributed by atoms with Gasteiger partial charge in [0.25, 0.3) is 0 Å². The van der Waals surface area contributed by atoms with Crippen molar-refractivity contribution >= 4 is 11.7 Å². The Labute approximate surface area is 158 Å². The molecule has 6 heteroatoms. The van der Waals surface area contributed by atoms with Crippen LogP contribution >= 0.6 is 0 Å². The highest BCUT2D eigenvalue weighted by atomic mass is 16.6. The zero-order valence-electron chi connectivity index (χ0n) is 15.3. The number of Topliss-reactive ketones (excluding diaryl/α,β-unsaturated/α-hetero) is 1. The van der Waals surface area contributed by atoms with Gasteiger partial charge in [-0.2, -0.15) is 0 Å². The Bertz CT molecular complexity index is 801. The summed E-state index contributed by atoms with van der Waals surface area (Å²) >= 11 is 0. The van der Waals surface area contributed by atoms with Gasteiger partial charge >= 0.3 is 0 Å². The Morgan fingerprint density at radius 3 is 2.48 bits per heavy atom. The van der Waals surface area contributed by atoms with Gasteiger partial charge in [0.2, 0.25) is 5.91 Å². The normalized spacial score (nSPS) is 12.3. The minimum absolute atomic E-state index is 0.0859. The third-order valence-corrected chi connectivity index (χ3v) is 4.34. The first kappa shape index (κ1) is 18.8. The van der Waals surface area contributed by atoms with E-state index < -0.39 is 0 Å². The summed E-state index contributed by atoms with van der Waals surface area (Å²) in [6.07, 6.45) is 1.05. The molecule has 1 aliphatic heterocycles. The Morgan fingerprint density at radius 2 is 1.74 bits per heavy atom. The smallest absolute Gasteiger partial charge is 0.220 e. The maximum Gasteiger partial charge on any atom is 0.220 e. The number of ketones is 1. The molecule has 142 valence electrons. The SMILES string of the molecule is COc1ccc(CCNC(=O)CCC(=O)c2ccc3c(c2)OCCO3)cc1. The first-order valence-electron chi connectivity index (χ1n) is 8.98. The molecule has 0 saturated heterocycles. The van der Waals surface area contributed by atoms with Crippen LogP contribution in [0.2, 0.25) is 0 Å². The fraction of sp³-hybridized carbons (Fsp3) is 0.333. The molecule has 1 N–H and O–H groups in total. The summed E-state index contributed by atoms with van der Waals surface area (Å²) in [7, 11) is 1.63. The van der Waals surface area contributed by atoms with Gasteiger partial charge < -0.3 is 19.5 Å². The molecule has 0 aromatic heterocycles. The number of carbonyl (C=O) groups excluding carboxylic acids is 2. The molecule has 1 amide bonds. The standard InChI is InChI=1S/C21H23NO5/c1-25-17-5-2-15(3-6-17)10-11-22-21(24)9-7-18(23)16-4-8-19-20(14-16)27-13-12-26-19/h2-6,8,14H,7,9-13H2,1H3,(H,22,24). The average molecular weight is 369 g/mol. The van der Waals surface area contributed by atoms with Gasteiger partial charge in [-0.3, -0.25) is 9.59 Å². The van der Waals surface area contributed by atoms with E-state index in [0.29, 0.717) is 36.8 Å². The lowest BCUT2D eigenvalue weighted by Crippen LogP contribution is -2.26. The number of rotatable bonds is 8. The summed E-state index contributed by atoms with van der Waals surface area (Å²) in [4.78, 5) is 24.3. The third-order valence-electron chi connectivity index (χ3n) is 4.34. The highest BCUT2D eigenvalue weighted by Gasteiger charge is 2.15. The Morgan fingerprint density at radius 1 is 1.00 bits per heavy atom. The van der Waals surface area contributed by atoms with Crippen molar-refractivity contribution in [3.63, 3.8) is 0 Å². The summed E-state index contributed by atoms with van der Waals surface area (Å²) < 4.78 is 16.0. The Kier molecular flexibility index (Phi) is 6.30. The van der Waals surface area contributed by atoms with E-state index >= 15 is 0 Å². The van der Waals surface area contributed by atoms with Crippen LogP contribution in [-0.4, -0.2) is 38.6 Å². The van der Waals surface area contributed by atoms with Crippen molar-refractivity contribution in [2.45, 2.75) is 19.3 Å². The molecule has 27 heavy (non-hydrogen) atoms. The van der Waals surface area contributed by atoms with Crippen molar-refractivity contribution in [1.82, 2.24) is 5.32 Å². The van der Waals surface area contributed by atoms with Crippen LogP contribution in [-0.2, 0) is 11.2 Å². The minimum Gasteiger partial charge on any atom is -0.497 e. The minimum atomic E-state index is -0.130. The van der Waals surface area contributed by atoms with Gasteiger partial charge in [0, 0.05) is 24.9 Å². The Hall–Kier alpha value is -3.02. The molecule has 0 fully saturated rings. The zero-order valence-corrected chi connectivity index (χ0v) is 15.3. The maximum absolute atomic E-state index is 12.3. The summed E-state index contributed by atoms with van der Waals surface area (Å²) in [6.45, 7) is 1.52. The molecule has 2 aromatic carbocycles. The van der Waals surface area contributed by atoms with Crippen LogP contribution in [0.15, 0.2) is 42.5 Å². The van der Waals surface area contributed by atoms with Crippen LogP contribution < -0.4 is 19.5 Å². The van der Waals surface area contributed by atoms with E-state index in [2.05, 4.69) is 5.32 Å². The van der Waals surface area contributed by atoms with Gasteiger partial charge in [0.1, 0.15) is 19.0 Å². The number of benzene rings is 2. The maximum atomic E-state index is 12.3. The summed E-state index contributed by atoms with van der Waals surface area (Å²) in [5.41, 5.74) is 1.65. The van der Waals surface area contributed by atoms with E-state index in [1.807, 2.05) is 24.3 Å². The number of amides is 1. The number of carbonyl (C=O) groups is 2. The second-order valence-corrected chi connectivity index (χ2v) is 6.23. The molecule has 0 radical (unpaired) electrons. The lowest BCUT2D eigenvalue weighted by atomic mass is 10.1. The van der Waals surface area contributed by atoms with Crippen molar-refractivity contribution in [3.05, 3.63) is 53.6 Å². The van der Waals surface area contributed by atoms with Gasteiger partial charge in [0.15, 0.2) is 17.3 Å². The fourth-order valence-corrected chi connectivity index (χ4v) is 2.82. The van der Waals surface area contributed by atoms with E-state index in [1.165, 1.54) is 0 Å². The van der Waals surface area contributed by atoms with E-state index in [0.717, 1.165) is 17.7 Å². The molecule has 0 unspecified atom stereocenters. The summed E-state index contributed by atoms with van der Waals surface area (Å²) in [5, 5.41) is 2.85. The van der Waals surface area contributed by atoms with Gasteiger partial charge in [-0.15, -0.1) is 0 Å². The molecule has 2 aromatic rings. The molecular weight excluding hydrogens is 346 g/mol. The third kappa shape index (κ3) is 5.23. The molecule has 0 spiro atoms. The van der Waals surface area contributed by atoms with Crippen molar-refractivity contribution in [1.29, 1.82) is 0 Å². The summed E-state index contributed by atoms with van der Waals surface area (Å²) in [6, 6.07) is 12.8. The first-order chi connectivity index (χ1) is 13.2. The predicted molar refractivity (Wildman–Crippen MR) is 101 cm³/mol. The second kappa shape index (κ2) is 9.07. The van der Waals surface area contributed by atoms with Crippen molar-refractivity contribution in [2.75, 3.05) is 26.9 Å². The van der Waals surface area contributed by atoms with Crippen LogP contribution in [0, 0.1) is 0 Å². The zero-order chi connectivity index (χ0) is 19.1. The topological polar surface area (TPSA) is 73.9 Å². The van der Waals surface area contributed by atoms with Gasteiger partial charge in [-0.1, -0.05) is 12.1 Å². The molecule has 0 bridgehead atoms. The first-order valence-corrected chi connectivity index (χ1v) is 8.98. The number of ether oxygens (including phenoxy) is 3. The van der Waals surface area contributed by atoms with E-state index in [-0.39, 0.29) is 24.5 Å². The van der Waals surface area contributed by atoms with Gasteiger partial charge in [-0.25, -0.2) is 0 Å². The fourth-order valence-electron chi connectivity index (χ4n) is 2.82. The van der Waals surface area contributed by atoms with Gasteiger partial charge in [0.05, 0.1) is 7.11 Å².